The van der Waals surface area contributed by atoms with Gasteiger partial charge in [-0.05, 0) is 60.3 Å². The molecule has 0 aliphatic heterocycles. The summed E-state index contributed by atoms with van der Waals surface area (Å²) in [6.45, 7) is 2.81. The molecule has 2 fully saturated rings. The highest BCUT2D eigenvalue weighted by molar-refractivity contribution is 6.30. The van der Waals surface area contributed by atoms with Crippen LogP contribution in [0.15, 0.2) is 60.2 Å². The Morgan fingerprint density at radius 2 is 1.66 bits per heavy atom. The van der Waals surface area contributed by atoms with Crippen LogP contribution in [0.4, 0.5) is 0 Å². The average molecular weight is 660 g/mol. The van der Waals surface area contributed by atoms with Crippen molar-refractivity contribution in [1.82, 2.24) is 14.9 Å². The first-order valence-electron chi connectivity index (χ1n) is 17.6. The molecular weight excluding hydrogens is 610 g/mol. The molecule has 2 aromatic carbocycles. The van der Waals surface area contributed by atoms with Crippen molar-refractivity contribution < 1.29 is 19.8 Å². The predicted octanol–water partition coefficient (Wildman–Crippen LogP) is 8.49. The quantitative estimate of drug-likeness (QED) is 0.142. The molecule has 7 nitrogen and oxygen atoms in total. The van der Waals surface area contributed by atoms with Gasteiger partial charge in [-0.2, -0.15) is 0 Å². The van der Waals surface area contributed by atoms with E-state index in [0.717, 1.165) is 93.1 Å². The molecule has 0 radical (unpaired) electrons. The van der Waals surface area contributed by atoms with Gasteiger partial charge >= 0.3 is 5.97 Å². The first kappa shape index (κ1) is 34.9. The van der Waals surface area contributed by atoms with E-state index in [0.29, 0.717) is 35.3 Å². The van der Waals surface area contributed by atoms with Crippen LogP contribution < -0.4 is 5.32 Å². The van der Waals surface area contributed by atoms with Crippen molar-refractivity contribution in [3.05, 3.63) is 93.5 Å². The molecule has 1 heterocycles. The van der Waals surface area contributed by atoms with Gasteiger partial charge in [-0.25, -0.2) is 9.78 Å². The Balaban J connectivity index is 1.37. The van der Waals surface area contributed by atoms with Crippen LogP contribution in [0.5, 0.6) is 0 Å². The normalized spacial score (nSPS) is 17.5. The van der Waals surface area contributed by atoms with Gasteiger partial charge in [0.1, 0.15) is 5.82 Å². The van der Waals surface area contributed by atoms with Gasteiger partial charge in [-0.1, -0.05) is 124 Å². The van der Waals surface area contributed by atoms with Crippen LogP contribution >= 0.6 is 11.6 Å². The molecule has 5 rings (SSSR count). The molecule has 3 aromatic rings. The monoisotopic (exact) mass is 659 g/mol. The molecule has 2 unspecified atom stereocenters. The maximum Gasteiger partial charge on any atom is 0.331 e. The summed E-state index contributed by atoms with van der Waals surface area (Å²) in [7, 11) is 0. The molecule has 0 saturated heterocycles. The van der Waals surface area contributed by atoms with Gasteiger partial charge in [0.15, 0.2) is 5.15 Å². The SMILES string of the molecule is CCCCc1nc(Cl)c(/C=C(/CC2CCCCC2)C(=O)O)n1Cc1ccc(C(C(=O)NCC(O)c2ccccc2)C2CCCC2)cc1. The highest BCUT2D eigenvalue weighted by Crippen LogP contribution is 2.38. The summed E-state index contributed by atoms with van der Waals surface area (Å²) in [6, 6.07) is 17.6. The highest BCUT2D eigenvalue weighted by atomic mass is 35.5. The van der Waals surface area contributed by atoms with Gasteiger partial charge in [-0.15, -0.1) is 0 Å². The Labute approximate surface area is 284 Å². The number of hydrogen-bond acceptors (Lipinski definition) is 4. The van der Waals surface area contributed by atoms with Crippen LogP contribution in [-0.2, 0) is 22.6 Å². The number of amides is 1. The summed E-state index contributed by atoms with van der Waals surface area (Å²) in [6.07, 6.45) is 14.2. The topological polar surface area (TPSA) is 104 Å². The first-order valence-corrected chi connectivity index (χ1v) is 18.0. The molecule has 3 N–H and O–H groups in total. The number of halogens is 1. The Morgan fingerprint density at radius 1 is 0.979 bits per heavy atom. The number of benzene rings is 2. The van der Waals surface area contributed by atoms with E-state index in [1.807, 2.05) is 30.3 Å². The summed E-state index contributed by atoms with van der Waals surface area (Å²) in [5.41, 5.74) is 3.83. The van der Waals surface area contributed by atoms with Gasteiger partial charge < -0.3 is 20.1 Å². The van der Waals surface area contributed by atoms with Crippen molar-refractivity contribution >= 4 is 29.6 Å². The number of carbonyl (C=O) groups excluding carboxylic acids is 1. The first-order chi connectivity index (χ1) is 22.8. The molecule has 2 aliphatic carbocycles. The number of imidazole rings is 1. The number of hydrogen-bond donors (Lipinski definition) is 3. The predicted molar refractivity (Wildman–Crippen MR) is 187 cm³/mol. The van der Waals surface area contributed by atoms with Crippen LogP contribution in [0, 0.1) is 11.8 Å². The molecule has 252 valence electrons. The Kier molecular flexibility index (Phi) is 12.7. The summed E-state index contributed by atoms with van der Waals surface area (Å²) in [5, 5.41) is 24.2. The van der Waals surface area contributed by atoms with E-state index in [4.69, 9.17) is 16.6 Å². The highest BCUT2D eigenvalue weighted by Gasteiger charge is 2.32. The Morgan fingerprint density at radius 3 is 2.32 bits per heavy atom. The number of aliphatic carboxylic acids is 1. The fraction of sp³-hybridized carbons (Fsp3) is 0.513. The molecule has 2 aliphatic rings. The number of nitrogens with zero attached hydrogens (tertiary/aromatic N) is 2. The fourth-order valence-electron chi connectivity index (χ4n) is 7.44. The van der Waals surface area contributed by atoms with Crippen LogP contribution in [0.2, 0.25) is 5.15 Å². The molecule has 2 saturated carbocycles. The fourth-order valence-corrected chi connectivity index (χ4v) is 7.69. The molecule has 1 aromatic heterocycles. The number of aliphatic hydroxyl groups is 1. The zero-order valence-electron chi connectivity index (χ0n) is 27.7. The van der Waals surface area contributed by atoms with Gasteiger partial charge in [0.2, 0.25) is 5.91 Å². The van der Waals surface area contributed by atoms with E-state index in [1.165, 1.54) is 6.42 Å². The minimum atomic E-state index is -0.897. The average Bonchev–Trinajstić information content (AvgIpc) is 3.72. The lowest BCUT2D eigenvalue weighted by Crippen LogP contribution is -2.35. The maximum absolute atomic E-state index is 13.6. The van der Waals surface area contributed by atoms with Gasteiger partial charge in [0.05, 0.1) is 17.7 Å². The van der Waals surface area contributed by atoms with Crippen LogP contribution in [-0.4, -0.2) is 38.2 Å². The second-order valence-electron chi connectivity index (χ2n) is 13.5. The third-order valence-electron chi connectivity index (χ3n) is 10.1. The van der Waals surface area contributed by atoms with Crippen LogP contribution in [0.3, 0.4) is 0 Å². The van der Waals surface area contributed by atoms with Gasteiger partial charge in [0, 0.05) is 25.1 Å². The minimum Gasteiger partial charge on any atom is -0.478 e. The van der Waals surface area contributed by atoms with E-state index < -0.39 is 12.1 Å². The number of carbonyl (C=O) groups is 2. The van der Waals surface area contributed by atoms with E-state index in [1.54, 1.807) is 6.08 Å². The number of aryl methyl sites for hydroxylation is 1. The molecule has 1 amide bonds. The maximum atomic E-state index is 13.6. The van der Waals surface area contributed by atoms with Crippen LogP contribution in [0.1, 0.15) is 124 Å². The van der Waals surface area contributed by atoms with Crippen molar-refractivity contribution in [2.24, 2.45) is 11.8 Å². The number of carboxylic acid groups (broad SMARTS) is 1. The Bertz CT molecular complexity index is 1490. The number of aliphatic hydroxyl groups excluding tert-OH is 1. The molecule has 0 spiro atoms. The summed E-state index contributed by atoms with van der Waals surface area (Å²) < 4.78 is 2.07. The summed E-state index contributed by atoms with van der Waals surface area (Å²) in [4.78, 5) is 30.7. The van der Waals surface area contributed by atoms with E-state index in [9.17, 15) is 19.8 Å². The second kappa shape index (κ2) is 17.1. The molecule has 47 heavy (non-hydrogen) atoms. The van der Waals surface area contributed by atoms with Crippen molar-refractivity contribution in [2.45, 2.75) is 109 Å². The van der Waals surface area contributed by atoms with Crippen molar-refractivity contribution in [3.63, 3.8) is 0 Å². The van der Waals surface area contributed by atoms with Gasteiger partial charge in [0.25, 0.3) is 0 Å². The molecule has 8 heteroatoms. The standard InChI is InChI=1S/C39H50ClN3O4/c1-2-3-18-35-42-37(40)33(24-32(39(46)47)23-27-12-6-4-7-13-27)43(35)26-28-19-21-31(22-20-28)36(30-16-10-11-17-30)38(45)41-25-34(44)29-14-8-5-9-15-29/h5,8-9,14-15,19-22,24,27,30,34,36,44H,2-4,6-7,10-13,16-18,23,25-26H2,1H3,(H,41,45)(H,46,47)/b32-24-. The number of aromatic nitrogens is 2. The number of unbranched alkanes of at least 4 members (excludes halogenated alkanes) is 1. The number of nitrogens with one attached hydrogen (secondary N) is 1. The van der Waals surface area contributed by atoms with Crippen molar-refractivity contribution in [2.75, 3.05) is 6.54 Å². The lowest BCUT2D eigenvalue weighted by atomic mass is 9.83. The Hall–Kier alpha value is -3.42. The second-order valence-corrected chi connectivity index (χ2v) is 13.9. The summed E-state index contributed by atoms with van der Waals surface area (Å²) >= 11 is 6.72. The number of rotatable bonds is 15. The lowest BCUT2D eigenvalue weighted by Gasteiger charge is -2.24. The third kappa shape index (κ3) is 9.35. The van der Waals surface area contributed by atoms with E-state index in [2.05, 4.69) is 41.1 Å². The van der Waals surface area contributed by atoms with Crippen molar-refractivity contribution in [1.29, 1.82) is 0 Å². The molecular formula is C39H50ClN3O4. The number of carboxylic acids is 1. The largest absolute Gasteiger partial charge is 0.478 e. The zero-order chi connectivity index (χ0) is 33.2. The minimum absolute atomic E-state index is 0.0468. The van der Waals surface area contributed by atoms with E-state index >= 15 is 0 Å². The van der Waals surface area contributed by atoms with Gasteiger partial charge in [-0.3, -0.25) is 4.79 Å². The zero-order valence-corrected chi connectivity index (χ0v) is 28.4. The van der Waals surface area contributed by atoms with Crippen molar-refractivity contribution in [3.8, 4) is 0 Å². The van der Waals surface area contributed by atoms with E-state index in [-0.39, 0.29) is 24.3 Å². The van der Waals surface area contributed by atoms with Crippen LogP contribution in [0.25, 0.3) is 6.08 Å². The summed E-state index contributed by atoms with van der Waals surface area (Å²) in [5.74, 6) is 0.280. The molecule has 2 atom stereocenters. The molecule has 0 bridgehead atoms. The smallest absolute Gasteiger partial charge is 0.331 e. The lowest BCUT2D eigenvalue weighted by molar-refractivity contribution is -0.132. The third-order valence-corrected chi connectivity index (χ3v) is 10.4.